The van der Waals surface area contributed by atoms with E-state index in [4.69, 9.17) is 0 Å². The molecule has 3 aromatic rings. The fourth-order valence-corrected chi connectivity index (χ4v) is 5.05. The van der Waals surface area contributed by atoms with Crippen LogP contribution in [-0.2, 0) is 20.6 Å². The third-order valence-corrected chi connectivity index (χ3v) is 7.08. The Labute approximate surface area is 229 Å². The smallest absolute Gasteiger partial charge is 0.315 e. The molecule has 9 heteroatoms. The summed E-state index contributed by atoms with van der Waals surface area (Å²) in [6.07, 6.45) is -4.66. The molecule has 0 N–H and O–H groups in total. The minimum absolute atomic E-state index is 0.106. The Bertz CT molecular complexity index is 1550. The van der Waals surface area contributed by atoms with Crippen molar-refractivity contribution in [1.29, 1.82) is 5.26 Å². The molecule has 2 amide bonds. The van der Waals surface area contributed by atoms with Gasteiger partial charge in [0, 0.05) is 35.6 Å². The fraction of sp³-hybridized carbons (Fsp3) is 0.226. The first-order chi connectivity index (χ1) is 18.8. The van der Waals surface area contributed by atoms with Crippen molar-refractivity contribution >= 4 is 29.0 Å². The number of Topliss-reactive ketones (excluding diaryl/α,β-unsaturated/α-hetero) is 1. The highest BCUT2D eigenvalue weighted by Crippen LogP contribution is 2.44. The predicted molar refractivity (Wildman–Crippen MR) is 144 cm³/mol. The van der Waals surface area contributed by atoms with Crippen molar-refractivity contribution in [3.05, 3.63) is 106 Å². The van der Waals surface area contributed by atoms with Gasteiger partial charge in [0.2, 0.25) is 11.8 Å². The number of benzene rings is 3. The molecule has 204 valence electrons. The topological polar surface area (TPSA) is 81.5 Å². The summed E-state index contributed by atoms with van der Waals surface area (Å²) >= 11 is 0. The molecule has 4 rings (SSSR count). The Kier molecular flexibility index (Phi) is 7.65. The van der Waals surface area contributed by atoms with E-state index in [0.29, 0.717) is 16.8 Å². The molecule has 3 aromatic carbocycles. The number of hydrogen-bond acceptors (Lipinski definition) is 4. The number of anilines is 2. The molecule has 2 atom stereocenters. The van der Waals surface area contributed by atoms with E-state index in [0.717, 1.165) is 22.6 Å². The number of aryl methyl sites for hydroxylation is 1. The van der Waals surface area contributed by atoms with Crippen LogP contribution >= 0.6 is 0 Å². The molecule has 0 saturated carbocycles. The van der Waals surface area contributed by atoms with Crippen LogP contribution in [-0.4, -0.2) is 24.6 Å². The van der Waals surface area contributed by atoms with Crippen molar-refractivity contribution < 1.29 is 27.6 Å². The van der Waals surface area contributed by atoms with Crippen LogP contribution in [0.3, 0.4) is 0 Å². The van der Waals surface area contributed by atoms with Gasteiger partial charge in [-0.3, -0.25) is 19.3 Å². The molecule has 0 aliphatic carbocycles. The number of ketones is 1. The minimum atomic E-state index is -4.66. The van der Waals surface area contributed by atoms with Crippen molar-refractivity contribution in [1.82, 2.24) is 0 Å². The van der Waals surface area contributed by atoms with Crippen molar-refractivity contribution in [3.63, 3.8) is 0 Å². The Morgan fingerprint density at radius 3 is 2.15 bits per heavy atom. The zero-order valence-electron chi connectivity index (χ0n) is 22.3. The first-order valence-corrected chi connectivity index (χ1v) is 12.4. The predicted octanol–water partition coefficient (Wildman–Crippen LogP) is 6.16. The summed E-state index contributed by atoms with van der Waals surface area (Å²) in [5.41, 5.74) is 1.45. The molecular formula is C31H26F3N3O3. The van der Waals surface area contributed by atoms with Gasteiger partial charge in [-0.05, 0) is 68.8 Å². The van der Waals surface area contributed by atoms with Gasteiger partial charge in [-0.1, -0.05) is 35.9 Å². The molecule has 0 aromatic heterocycles. The van der Waals surface area contributed by atoms with Gasteiger partial charge in [-0.15, -0.1) is 0 Å². The molecule has 0 radical (unpaired) electrons. The Hall–Kier alpha value is -4.71. The average molecular weight is 546 g/mol. The summed E-state index contributed by atoms with van der Waals surface area (Å²) < 4.78 is 40.7. The maximum atomic E-state index is 14.2. The molecule has 0 spiro atoms. The van der Waals surface area contributed by atoms with E-state index in [1.165, 1.54) is 50.1 Å². The molecule has 2 unspecified atom stereocenters. The Morgan fingerprint density at radius 2 is 1.60 bits per heavy atom. The number of carbonyl (C=O) groups is 3. The van der Waals surface area contributed by atoms with Crippen LogP contribution < -0.4 is 9.80 Å². The van der Waals surface area contributed by atoms with Crippen LogP contribution in [0, 0.1) is 24.2 Å². The number of nitrogens with zero attached hydrogens (tertiary/aromatic N) is 3. The highest BCUT2D eigenvalue weighted by Gasteiger charge is 2.48. The second kappa shape index (κ2) is 10.8. The third-order valence-electron chi connectivity index (χ3n) is 7.08. The molecule has 1 aliphatic heterocycles. The van der Waals surface area contributed by atoms with Crippen LogP contribution in [0.15, 0.2) is 84.1 Å². The number of carbonyl (C=O) groups excluding carboxylic acids is 3. The maximum absolute atomic E-state index is 14.2. The Morgan fingerprint density at radius 1 is 0.975 bits per heavy atom. The molecular weight excluding hydrogens is 519 g/mol. The summed E-state index contributed by atoms with van der Waals surface area (Å²) in [4.78, 5) is 43.7. The zero-order chi connectivity index (χ0) is 29.4. The number of amides is 2. The molecule has 0 saturated heterocycles. The fourth-order valence-electron chi connectivity index (χ4n) is 5.05. The van der Waals surface area contributed by atoms with Crippen LogP contribution in [0.2, 0.25) is 0 Å². The molecule has 6 nitrogen and oxygen atoms in total. The van der Waals surface area contributed by atoms with Crippen molar-refractivity contribution in [3.8, 4) is 6.07 Å². The van der Waals surface area contributed by atoms with E-state index in [2.05, 4.69) is 0 Å². The lowest BCUT2D eigenvalue weighted by atomic mass is 9.74. The maximum Gasteiger partial charge on any atom is 0.416 e. The number of allylic oxidation sites excluding steroid dienone is 2. The van der Waals surface area contributed by atoms with E-state index in [9.17, 15) is 32.8 Å². The summed E-state index contributed by atoms with van der Waals surface area (Å²) in [6.45, 7) is 4.66. The lowest BCUT2D eigenvalue weighted by Crippen LogP contribution is -2.51. The van der Waals surface area contributed by atoms with Crippen molar-refractivity contribution in [2.45, 2.75) is 32.9 Å². The van der Waals surface area contributed by atoms with Gasteiger partial charge in [0.25, 0.3) is 0 Å². The molecule has 0 bridgehead atoms. The quantitative estimate of drug-likeness (QED) is 0.360. The lowest BCUT2D eigenvalue weighted by Gasteiger charge is -2.40. The summed E-state index contributed by atoms with van der Waals surface area (Å²) in [6, 6.07) is 19.5. The third kappa shape index (κ3) is 5.25. The number of rotatable bonds is 5. The van der Waals surface area contributed by atoms with Gasteiger partial charge in [0.05, 0.1) is 17.2 Å². The highest BCUT2D eigenvalue weighted by molar-refractivity contribution is 6.18. The van der Waals surface area contributed by atoms with Gasteiger partial charge in [0.1, 0.15) is 5.92 Å². The van der Waals surface area contributed by atoms with E-state index in [-0.39, 0.29) is 17.0 Å². The first kappa shape index (κ1) is 28.3. The molecule has 0 fully saturated rings. The number of nitriles is 1. The van der Waals surface area contributed by atoms with E-state index >= 15 is 0 Å². The van der Waals surface area contributed by atoms with Crippen molar-refractivity contribution in [2.24, 2.45) is 5.92 Å². The van der Waals surface area contributed by atoms with Crippen LogP contribution in [0.4, 0.5) is 24.5 Å². The number of alkyl halides is 3. The highest BCUT2D eigenvalue weighted by atomic mass is 19.4. The summed E-state index contributed by atoms with van der Waals surface area (Å²) in [5.74, 6) is -4.34. The number of hydrogen-bond donors (Lipinski definition) is 0. The zero-order valence-corrected chi connectivity index (χ0v) is 22.3. The summed E-state index contributed by atoms with van der Waals surface area (Å²) in [7, 11) is 1.50. The van der Waals surface area contributed by atoms with E-state index < -0.39 is 41.2 Å². The standard InChI is InChI=1S/C31H26F3N3O3/c1-18-8-14-24(15-9-18)36(4)29(39)28-27(22-12-10-21(17-35)11-13-22)26(20(3)38)19(2)37(30(28)40)25-7-5-6-23(16-25)31(32,33)34/h5-16,27-28H,1-4H3. The second-order valence-corrected chi connectivity index (χ2v) is 9.70. The van der Waals surface area contributed by atoms with Gasteiger partial charge < -0.3 is 4.90 Å². The van der Waals surface area contributed by atoms with Crippen LogP contribution in [0.1, 0.15) is 42.0 Å². The second-order valence-electron chi connectivity index (χ2n) is 9.70. The van der Waals surface area contributed by atoms with Gasteiger partial charge in [0.15, 0.2) is 5.78 Å². The van der Waals surface area contributed by atoms with Gasteiger partial charge in [-0.25, -0.2) is 0 Å². The SMILES string of the molecule is CC(=O)C1=C(C)N(c2cccc(C(F)(F)F)c2)C(=O)C(C(=O)N(C)c2ccc(C)cc2)C1c1ccc(C#N)cc1. The van der Waals surface area contributed by atoms with Crippen molar-refractivity contribution in [2.75, 3.05) is 16.8 Å². The molecule has 40 heavy (non-hydrogen) atoms. The van der Waals surface area contributed by atoms with Gasteiger partial charge >= 0.3 is 6.18 Å². The minimum Gasteiger partial charge on any atom is -0.315 e. The average Bonchev–Trinajstić information content (AvgIpc) is 2.92. The van der Waals surface area contributed by atoms with Gasteiger partial charge in [-0.2, -0.15) is 18.4 Å². The lowest BCUT2D eigenvalue weighted by molar-refractivity contribution is -0.138. The summed E-state index contributed by atoms with van der Waals surface area (Å²) in [5, 5.41) is 9.25. The normalized spacial score (nSPS) is 17.4. The molecule has 1 aliphatic rings. The molecule has 1 heterocycles. The van der Waals surface area contributed by atoms with Crippen LogP contribution in [0.5, 0.6) is 0 Å². The van der Waals surface area contributed by atoms with Crippen LogP contribution in [0.25, 0.3) is 0 Å². The monoisotopic (exact) mass is 545 g/mol. The van der Waals surface area contributed by atoms with E-state index in [1.807, 2.05) is 13.0 Å². The largest absolute Gasteiger partial charge is 0.416 e. The number of halogens is 3. The Balaban J connectivity index is 1.95. The first-order valence-electron chi connectivity index (χ1n) is 12.4. The van der Waals surface area contributed by atoms with E-state index in [1.54, 1.807) is 36.4 Å².